The van der Waals surface area contributed by atoms with Gasteiger partial charge in [-0.05, 0) is 18.6 Å². The molecule has 0 aliphatic heterocycles. The molecular weight excluding hydrogens is 223 g/mol. The van der Waals surface area contributed by atoms with Crippen LogP contribution in [0.5, 0.6) is 0 Å². The number of hydrogen-bond donors (Lipinski definition) is 1. The molecule has 0 bridgehead atoms. The summed E-state index contributed by atoms with van der Waals surface area (Å²) in [4.78, 5) is 8.01. The highest BCUT2D eigenvalue weighted by Crippen LogP contribution is 2.18. The lowest BCUT2D eigenvalue weighted by atomic mass is 10.2. The summed E-state index contributed by atoms with van der Waals surface area (Å²) in [6.07, 6.45) is 2.82. The van der Waals surface area contributed by atoms with Crippen molar-refractivity contribution < 1.29 is 8.91 Å². The summed E-state index contributed by atoms with van der Waals surface area (Å²) in [5.41, 5.74) is 6.31. The summed E-state index contributed by atoms with van der Waals surface area (Å²) >= 11 is 0. The number of nitrogens with two attached hydrogens (primary N) is 1. The number of halogens is 1. The van der Waals surface area contributed by atoms with Gasteiger partial charge in [-0.3, -0.25) is 0 Å². The number of nitrogens with zero attached hydrogens (tertiary/aromatic N) is 3. The number of rotatable bonds is 4. The Morgan fingerprint density at radius 3 is 2.94 bits per heavy atom. The van der Waals surface area contributed by atoms with Crippen molar-refractivity contribution >= 4 is 0 Å². The van der Waals surface area contributed by atoms with Crippen molar-refractivity contribution in [2.45, 2.75) is 25.8 Å². The van der Waals surface area contributed by atoms with Gasteiger partial charge in [-0.15, -0.1) is 0 Å². The highest BCUT2D eigenvalue weighted by atomic mass is 19.1. The van der Waals surface area contributed by atoms with Gasteiger partial charge < -0.3 is 10.3 Å². The zero-order valence-electron chi connectivity index (χ0n) is 9.43. The highest BCUT2D eigenvalue weighted by Gasteiger charge is 2.15. The molecule has 2 heterocycles. The molecule has 2 rings (SSSR count). The van der Waals surface area contributed by atoms with E-state index in [0.717, 1.165) is 19.0 Å². The summed E-state index contributed by atoms with van der Waals surface area (Å²) < 4.78 is 17.7. The topological polar surface area (TPSA) is 77.8 Å². The Hall–Kier alpha value is -1.82. The van der Waals surface area contributed by atoms with Gasteiger partial charge in [-0.25, -0.2) is 9.37 Å². The molecule has 6 heteroatoms. The van der Waals surface area contributed by atoms with Gasteiger partial charge in [-0.2, -0.15) is 4.98 Å². The van der Waals surface area contributed by atoms with Crippen molar-refractivity contribution in [1.29, 1.82) is 0 Å². The molecule has 0 aromatic carbocycles. The van der Waals surface area contributed by atoms with Crippen molar-refractivity contribution in [3.05, 3.63) is 30.0 Å². The maximum Gasteiger partial charge on any atom is 0.243 e. The Labute approximate surface area is 97.9 Å². The molecule has 5 nitrogen and oxygen atoms in total. The summed E-state index contributed by atoms with van der Waals surface area (Å²) in [7, 11) is 0. The fraction of sp³-hybridized carbons (Fsp3) is 0.364. The predicted octanol–water partition coefficient (Wildman–Crippen LogP) is 2.07. The molecule has 17 heavy (non-hydrogen) atoms. The van der Waals surface area contributed by atoms with Gasteiger partial charge >= 0.3 is 0 Å². The van der Waals surface area contributed by atoms with E-state index in [1.165, 1.54) is 12.1 Å². The minimum atomic E-state index is -0.403. The van der Waals surface area contributed by atoms with Crippen LogP contribution in [0.15, 0.2) is 22.9 Å². The van der Waals surface area contributed by atoms with Crippen molar-refractivity contribution in [2.75, 3.05) is 0 Å². The Balaban J connectivity index is 2.20. The third-order valence-electron chi connectivity index (χ3n) is 2.32. The maximum absolute atomic E-state index is 12.7. The molecule has 0 saturated heterocycles. The Morgan fingerprint density at radius 2 is 2.29 bits per heavy atom. The molecule has 0 aliphatic rings. The molecule has 0 radical (unpaired) electrons. The largest absolute Gasteiger partial charge is 0.337 e. The minimum absolute atomic E-state index is 0.262. The van der Waals surface area contributed by atoms with Crippen molar-refractivity contribution in [2.24, 2.45) is 5.73 Å². The SMILES string of the molecule is CCC[C@@H](N)c1nc(-c2ccc(F)cn2)no1. The van der Waals surface area contributed by atoms with Gasteiger partial charge in [-0.1, -0.05) is 18.5 Å². The van der Waals surface area contributed by atoms with Gasteiger partial charge in [0.1, 0.15) is 11.5 Å². The van der Waals surface area contributed by atoms with E-state index in [1.54, 1.807) is 0 Å². The maximum atomic E-state index is 12.7. The molecule has 0 aliphatic carbocycles. The van der Waals surface area contributed by atoms with Crippen LogP contribution in [0.4, 0.5) is 4.39 Å². The monoisotopic (exact) mass is 236 g/mol. The molecule has 0 spiro atoms. The van der Waals surface area contributed by atoms with Gasteiger partial charge in [0.15, 0.2) is 0 Å². The van der Waals surface area contributed by atoms with Crippen molar-refractivity contribution in [3.8, 4) is 11.5 Å². The molecule has 0 saturated carbocycles. The summed E-state index contributed by atoms with van der Waals surface area (Å²) in [6.45, 7) is 2.03. The van der Waals surface area contributed by atoms with E-state index in [0.29, 0.717) is 17.4 Å². The van der Waals surface area contributed by atoms with Crippen LogP contribution >= 0.6 is 0 Å². The molecule has 0 unspecified atom stereocenters. The highest BCUT2D eigenvalue weighted by molar-refractivity contribution is 5.47. The zero-order chi connectivity index (χ0) is 12.3. The number of aromatic nitrogens is 3. The first-order valence-corrected chi connectivity index (χ1v) is 5.42. The lowest BCUT2D eigenvalue weighted by molar-refractivity contribution is 0.348. The zero-order valence-corrected chi connectivity index (χ0v) is 9.43. The molecule has 2 N–H and O–H groups in total. The van der Waals surface area contributed by atoms with Gasteiger partial charge in [0.25, 0.3) is 0 Å². The van der Waals surface area contributed by atoms with E-state index in [1.807, 2.05) is 6.92 Å². The minimum Gasteiger partial charge on any atom is -0.337 e. The Bertz CT molecular complexity index is 482. The second-order valence-corrected chi connectivity index (χ2v) is 3.71. The van der Waals surface area contributed by atoms with Gasteiger partial charge in [0.2, 0.25) is 11.7 Å². The number of hydrogen-bond acceptors (Lipinski definition) is 5. The molecule has 1 atom stereocenters. The lowest BCUT2D eigenvalue weighted by Gasteiger charge is -2.01. The van der Waals surface area contributed by atoms with Crippen LogP contribution in [0, 0.1) is 5.82 Å². The van der Waals surface area contributed by atoms with E-state index in [2.05, 4.69) is 15.1 Å². The normalized spacial score (nSPS) is 12.6. The van der Waals surface area contributed by atoms with E-state index in [4.69, 9.17) is 10.3 Å². The van der Waals surface area contributed by atoms with E-state index < -0.39 is 5.82 Å². The summed E-state index contributed by atoms with van der Waals surface area (Å²) in [5, 5.41) is 3.77. The predicted molar refractivity (Wildman–Crippen MR) is 59.3 cm³/mol. The summed E-state index contributed by atoms with van der Waals surface area (Å²) in [6, 6.07) is 2.53. The van der Waals surface area contributed by atoms with Crippen molar-refractivity contribution in [1.82, 2.24) is 15.1 Å². The Morgan fingerprint density at radius 1 is 1.47 bits per heavy atom. The lowest BCUT2D eigenvalue weighted by Crippen LogP contribution is -2.09. The second-order valence-electron chi connectivity index (χ2n) is 3.71. The molecule has 90 valence electrons. The van der Waals surface area contributed by atoms with Gasteiger partial charge in [0.05, 0.1) is 12.2 Å². The van der Waals surface area contributed by atoms with Crippen LogP contribution in [-0.2, 0) is 0 Å². The van der Waals surface area contributed by atoms with Crippen LogP contribution in [0.3, 0.4) is 0 Å². The molecular formula is C11H13FN4O. The van der Waals surface area contributed by atoms with Gasteiger partial charge in [0, 0.05) is 0 Å². The van der Waals surface area contributed by atoms with E-state index in [9.17, 15) is 4.39 Å². The first-order chi connectivity index (χ1) is 8.20. The van der Waals surface area contributed by atoms with Crippen LogP contribution < -0.4 is 5.73 Å². The summed E-state index contributed by atoms with van der Waals surface area (Å²) in [5.74, 6) is 0.305. The average Bonchev–Trinajstić information content (AvgIpc) is 2.80. The quantitative estimate of drug-likeness (QED) is 0.879. The average molecular weight is 236 g/mol. The first-order valence-electron chi connectivity index (χ1n) is 5.42. The smallest absolute Gasteiger partial charge is 0.243 e. The number of pyridine rings is 1. The Kier molecular flexibility index (Phi) is 3.43. The van der Waals surface area contributed by atoms with Crippen LogP contribution in [0.1, 0.15) is 31.7 Å². The standard InChI is InChI=1S/C11H13FN4O/c1-2-3-8(13)11-15-10(16-17-11)9-5-4-7(12)6-14-9/h4-6,8H,2-3,13H2,1H3/t8-/m1/s1. The van der Waals surface area contributed by atoms with E-state index >= 15 is 0 Å². The van der Waals surface area contributed by atoms with Crippen LogP contribution in [0.25, 0.3) is 11.5 Å². The molecule has 0 amide bonds. The molecule has 2 aromatic heterocycles. The van der Waals surface area contributed by atoms with Crippen LogP contribution in [-0.4, -0.2) is 15.1 Å². The van der Waals surface area contributed by atoms with Crippen molar-refractivity contribution in [3.63, 3.8) is 0 Å². The second kappa shape index (κ2) is 5.01. The van der Waals surface area contributed by atoms with E-state index in [-0.39, 0.29) is 6.04 Å². The third-order valence-corrected chi connectivity index (χ3v) is 2.32. The third kappa shape index (κ3) is 2.65. The first kappa shape index (κ1) is 11.7. The fourth-order valence-corrected chi connectivity index (χ4v) is 1.43. The van der Waals surface area contributed by atoms with Crippen LogP contribution in [0.2, 0.25) is 0 Å². The fourth-order valence-electron chi connectivity index (χ4n) is 1.43. The molecule has 2 aromatic rings. The molecule has 0 fully saturated rings.